The molecule has 0 atom stereocenters. The van der Waals surface area contributed by atoms with Gasteiger partial charge in [-0.05, 0) is 25.0 Å². The van der Waals surface area contributed by atoms with E-state index in [1.807, 2.05) is 6.92 Å². The van der Waals surface area contributed by atoms with Crippen LogP contribution in [-0.4, -0.2) is 22.3 Å². The molecule has 0 saturated heterocycles. The topological polar surface area (TPSA) is 37.8 Å². The highest BCUT2D eigenvalue weighted by molar-refractivity contribution is 7.80. The first-order chi connectivity index (χ1) is 9.29. The summed E-state index contributed by atoms with van der Waals surface area (Å²) in [6.45, 7) is 2.97. The van der Waals surface area contributed by atoms with Crippen LogP contribution in [0.4, 0.5) is 5.82 Å². The van der Waals surface area contributed by atoms with Gasteiger partial charge in [0.15, 0.2) is 0 Å². The van der Waals surface area contributed by atoms with Gasteiger partial charge in [-0.3, -0.25) is 0 Å². The fourth-order valence-electron chi connectivity index (χ4n) is 1.93. The number of anilines is 1. The Morgan fingerprint density at radius 1 is 1.11 bits per heavy atom. The highest BCUT2D eigenvalue weighted by Gasteiger charge is 2.06. The van der Waals surface area contributed by atoms with Crippen molar-refractivity contribution in [1.29, 1.82) is 0 Å². The Labute approximate surface area is 127 Å². The van der Waals surface area contributed by atoms with E-state index in [9.17, 15) is 0 Å². The van der Waals surface area contributed by atoms with Gasteiger partial charge in [0.2, 0.25) is 0 Å². The van der Waals surface area contributed by atoms with Crippen molar-refractivity contribution in [2.45, 2.75) is 51.9 Å². The number of unbranched alkanes of at least 4 members (excludes halogenated alkanes) is 5. The minimum atomic E-state index is 0.666. The molecule has 0 unspecified atom stereocenters. The Morgan fingerprint density at radius 3 is 2.47 bits per heavy atom. The molecule has 1 N–H and O–H groups in total. The van der Waals surface area contributed by atoms with Crippen molar-refractivity contribution in [3.63, 3.8) is 0 Å². The van der Waals surface area contributed by atoms with Gasteiger partial charge in [0.25, 0.3) is 0 Å². The van der Waals surface area contributed by atoms with Crippen molar-refractivity contribution in [2.24, 2.45) is 0 Å². The molecular formula is C14H24ClN3S. The number of aromatic nitrogens is 2. The Kier molecular flexibility index (Phi) is 9.01. The lowest BCUT2D eigenvalue weighted by molar-refractivity contribution is 0.619. The van der Waals surface area contributed by atoms with Crippen LogP contribution in [0.5, 0.6) is 0 Å². The van der Waals surface area contributed by atoms with Gasteiger partial charge in [0.1, 0.15) is 17.2 Å². The number of aryl methyl sites for hydroxylation is 1. The summed E-state index contributed by atoms with van der Waals surface area (Å²) in [5.41, 5.74) is 0.908. The lowest BCUT2D eigenvalue weighted by atomic mass is 10.1. The fourth-order valence-corrected chi connectivity index (χ4v) is 2.45. The summed E-state index contributed by atoms with van der Waals surface area (Å²) in [5.74, 6) is 1.77. The molecule has 1 aromatic heterocycles. The number of hydrogen-bond donors (Lipinski definition) is 2. The zero-order valence-electron chi connectivity index (χ0n) is 11.7. The molecule has 0 spiro atoms. The van der Waals surface area contributed by atoms with Crippen LogP contribution in [0.25, 0.3) is 0 Å². The molecule has 3 nitrogen and oxygen atoms in total. The molecule has 1 heterocycles. The molecule has 0 aliphatic rings. The average molecular weight is 302 g/mol. The third-order valence-electron chi connectivity index (χ3n) is 3.07. The number of hydrogen-bond acceptors (Lipinski definition) is 4. The number of nitrogens with one attached hydrogen (secondary N) is 1. The van der Waals surface area contributed by atoms with Gasteiger partial charge in [-0.15, -0.1) is 0 Å². The standard InChI is InChI=1S/C14H24ClN3S/c1-2-12-13(15)14(18-11-17-12)16-9-7-5-3-4-6-8-10-19/h11,19H,2-10H2,1H3,(H,16,17,18). The predicted molar refractivity (Wildman–Crippen MR) is 86.5 cm³/mol. The summed E-state index contributed by atoms with van der Waals surface area (Å²) in [7, 11) is 0. The molecule has 0 radical (unpaired) electrons. The van der Waals surface area contributed by atoms with E-state index in [0.717, 1.165) is 36.7 Å². The molecule has 108 valence electrons. The molecule has 1 rings (SSSR count). The van der Waals surface area contributed by atoms with E-state index in [0.29, 0.717) is 5.02 Å². The maximum atomic E-state index is 6.21. The molecule has 0 aliphatic carbocycles. The molecule has 5 heteroatoms. The second kappa shape index (κ2) is 10.3. The van der Waals surface area contributed by atoms with Gasteiger partial charge in [0, 0.05) is 6.54 Å². The van der Waals surface area contributed by atoms with E-state index >= 15 is 0 Å². The van der Waals surface area contributed by atoms with E-state index in [1.165, 1.54) is 32.1 Å². The van der Waals surface area contributed by atoms with Gasteiger partial charge in [0.05, 0.1) is 5.69 Å². The Hall–Kier alpha value is -0.480. The minimum absolute atomic E-state index is 0.666. The normalized spacial score (nSPS) is 10.7. The van der Waals surface area contributed by atoms with Gasteiger partial charge < -0.3 is 5.32 Å². The van der Waals surface area contributed by atoms with Crippen molar-refractivity contribution in [3.05, 3.63) is 17.0 Å². The van der Waals surface area contributed by atoms with Crippen LogP contribution in [0.3, 0.4) is 0 Å². The quantitative estimate of drug-likeness (QED) is 0.497. The van der Waals surface area contributed by atoms with Gasteiger partial charge in [-0.1, -0.05) is 44.2 Å². The van der Waals surface area contributed by atoms with E-state index in [4.69, 9.17) is 11.6 Å². The molecule has 0 amide bonds. The first-order valence-electron chi connectivity index (χ1n) is 7.13. The van der Waals surface area contributed by atoms with Crippen molar-refractivity contribution < 1.29 is 0 Å². The fraction of sp³-hybridized carbons (Fsp3) is 0.714. The Balaban J connectivity index is 2.16. The first-order valence-corrected chi connectivity index (χ1v) is 8.14. The lowest BCUT2D eigenvalue weighted by Gasteiger charge is -2.09. The zero-order chi connectivity index (χ0) is 13.9. The summed E-state index contributed by atoms with van der Waals surface area (Å²) in [6.07, 6.45) is 9.96. The van der Waals surface area contributed by atoms with E-state index in [1.54, 1.807) is 6.33 Å². The maximum Gasteiger partial charge on any atom is 0.148 e. The molecule has 0 bridgehead atoms. The molecular weight excluding hydrogens is 278 g/mol. The van der Waals surface area contributed by atoms with Crippen LogP contribution in [0.2, 0.25) is 5.02 Å². The summed E-state index contributed by atoms with van der Waals surface area (Å²) < 4.78 is 0. The van der Waals surface area contributed by atoms with Gasteiger partial charge in [-0.25, -0.2) is 9.97 Å². The molecule has 0 aliphatic heterocycles. The van der Waals surface area contributed by atoms with Crippen LogP contribution in [0.15, 0.2) is 6.33 Å². The number of halogens is 1. The minimum Gasteiger partial charge on any atom is -0.369 e. The monoisotopic (exact) mass is 301 g/mol. The van der Waals surface area contributed by atoms with Crippen LogP contribution in [-0.2, 0) is 6.42 Å². The third-order valence-corrected chi connectivity index (χ3v) is 3.79. The molecule has 0 fully saturated rings. The zero-order valence-corrected chi connectivity index (χ0v) is 13.3. The van der Waals surface area contributed by atoms with Crippen molar-refractivity contribution >= 4 is 30.0 Å². The molecule has 19 heavy (non-hydrogen) atoms. The molecule has 1 aromatic rings. The van der Waals surface area contributed by atoms with E-state index in [2.05, 4.69) is 27.9 Å². The van der Waals surface area contributed by atoms with Gasteiger partial charge >= 0.3 is 0 Å². The first kappa shape index (κ1) is 16.6. The number of nitrogens with zero attached hydrogens (tertiary/aromatic N) is 2. The van der Waals surface area contributed by atoms with Crippen LogP contribution in [0.1, 0.15) is 51.1 Å². The molecule has 0 saturated carbocycles. The van der Waals surface area contributed by atoms with Crippen molar-refractivity contribution in [1.82, 2.24) is 9.97 Å². The van der Waals surface area contributed by atoms with Gasteiger partial charge in [-0.2, -0.15) is 12.6 Å². The summed E-state index contributed by atoms with van der Waals surface area (Å²) in [6, 6.07) is 0. The maximum absolute atomic E-state index is 6.21. The van der Waals surface area contributed by atoms with Crippen LogP contribution < -0.4 is 5.32 Å². The van der Waals surface area contributed by atoms with E-state index < -0.39 is 0 Å². The predicted octanol–water partition coefficient (Wildman–Crippen LogP) is 4.37. The summed E-state index contributed by atoms with van der Waals surface area (Å²) >= 11 is 10.4. The average Bonchev–Trinajstić information content (AvgIpc) is 2.43. The summed E-state index contributed by atoms with van der Waals surface area (Å²) in [5, 5.41) is 3.96. The highest BCUT2D eigenvalue weighted by Crippen LogP contribution is 2.21. The Morgan fingerprint density at radius 2 is 1.79 bits per heavy atom. The van der Waals surface area contributed by atoms with Crippen molar-refractivity contribution in [2.75, 3.05) is 17.6 Å². The number of rotatable bonds is 10. The Bertz CT molecular complexity index is 361. The summed E-state index contributed by atoms with van der Waals surface area (Å²) in [4.78, 5) is 8.34. The second-order valence-corrected chi connectivity index (χ2v) is 5.43. The highest BCUT2D eigenvalue weighted by atomic mass is 35.5. The smallest absolute Gasteiger partial charge is 0.148 e. The van der Waals surface area contributed by atoms with Crippen molar-refractivity contribution in [3.8, 4) is 0 Å². The number of thiol groups is 1. The van der Waals surface area contributed by atoms with Crippen LogP contribution >= 0.6 is 24.2 Å². The SMILES string of the molecule is CCc1ncnc(NCCCCCCCCS)c1Cl. The van der Waals surface area contributed by atoms with Crippen LogP contribution in [0, 0.1) is 0 Å². The second-order valence-electron chi connectivity index (χ2n) is 4.61. The largest absolute Gasteiger partial charge is 0.369 e. The lowest BCUT2D eigenvalue weighted by Crippen LogP contribution is -2.05. The molecule has 0 aromatic carbocycles. The third kappa shape index (κ3) is 6.48. The van der Waals surface area contributed by atoms with E-state index in [-0.39, 0.29) is 0 Å².